The van der Waals surface area contributed by atoms with Gasteiger partial charge < -0.3 is 10.1 Å². The Morgan fingerprint density at radius 2 is 1.96 bits per heavy atom. The average molecular weight is 487 g/mol. The smallest absolute Gasteiger partial charge is 0.138 e. The minimum Gasteiger partial charge on any atom is -0.392 e. The molecule has 0 amide bonds. The number of hydrogen-bond acceptors (Lipinski definition) is 3. The van der Waals surface area contributed by atoms with Crippen molar-refractivity contribution in [3.8, 4) is 11.1 Å². The van der Waals surface area contributed by atoms with Gasteiger partial charge in [0, 0.05) is 39.5 Å². The van der Waals surface area contributed by atoms with Crippen molar-refractivity contribution < 1.29 is 5.11 Å². The monoisotopic (exact) mass is 487 g/mol. The summed E-state index contributed by atoms with van der Waals surface area (Å²) in [6, 6.07) is 11.1. The zero-order chi connectivity index (χ0) is 19.1. The predicted octanol–water partition coefficient (Wildman–Crippen LogP) is 4.74. The van der Waals surface area contributed by atoms with Gasteiger partial charge in [-0.15, -0.1) is 0 Å². The molecular formula is C23H26IN3O. The van der Waals surface area contributed by atoms with Gasteiger partial charge in [0.25, 0.3) is 0 Å². The quantitative estimate of drug-likeness (QED) is 0.512. The first-order valence-corrected chi connectivity index (χ1v) is 11.4. The number of pyridine rings is 1. The van der Waals surface area contributed by atoms with E-state index in [9.17, 15) is 5.11 Å². The minimum atomic E-state index is -0.167. The molecule has 1 saturated carbocycles. The molecule has 146 valence electrons. The van der Waals surface area contributed by atoms with Crippen LogP contribution >= 0.6 is 22.6 Å². The van der Waals surface area contributed by atoms with E-state index < -0.39 is 0 Å². The first kappa shape index (κ1) is 18.6. The number of fused-ring (bicyclic) bond motifs is 1. The zero-order valence-corrected chi connectivity index (χ0v) is 18.2. The Hall–Kier alpha value is -1.44. The number of aromatic nitrogens is 2. The molecule has 28 heavy (non-hydrogen) atoms. The second-order valence-corrected chi connectivity index (χ2v) is 9.49. The molecule has 5 heteroatoms. The van der Waals surface area contributed by atoms with Crippen molar-refractivity contribution in [2.24, 2.45) is 5.92 Å². The summed E-state index contributed by atoms with van der Waals surface area (Å²) in [7, 11) is 0. The highest BCUT2D eigenvalue weighted by Gasteiger charge is 2.24. The highest BCUT2D eigenvalue weighted by Crippen LogP contribution is 2.36. The van der Waals surface area contributed by atoms with E-state index in [0.717, 1.165) is 50.5 Å². The maximum atomic E-state index is 9.86. The lowest BCUT2D eigenvalue weighted by atomic mass is 10.0. The Bertz CT molecular complexity index is 977. The predicted molar refractivity (Wildman–Crippen MR) is 121 cm³/mol. The fourth-order valence-corrected chi connectivity index (χ4v) is 5.00. The molecule has 1 unspecified atom stereocenters. The molecule has 1 saturated heterocycles. The molecule has 3 aromatic rings. The van der Waals surface area contributed by atoms with Crippen molar-refractivity contribution in [3.63, 3.8) is 0 Å². The summed E-state index contributed by atoms with van der Waals surface area (Å²) < 4.78 is 1.33. The van der Waals surface area contributed by atoms with Crippen LogP contribution < -0.4 is 0 Å². The van der Waals surface area contributed by atoms with Crippen LogP contribution in [0.25, 0.3) is 22.2 Å². The van der Waals surface area contributed by atoms with Gasteiger partial charge in [0.2, 0.25) is 0 Å². The number of aliphatic hydroxyl groups is 1. The summed E-state index contributed by atoms with van der Waals surface area (Å²) in [5.74, 6) is 0.870. The van der Waals surface area contributed by atoms with Crippen LogP contribution in [-0.4, -0.2) is 39.2 Å². The molecule has 2 N–H and O–H groups in total. The van der Waals surface area contributed by atoms with E-state index in [1.807, 2.05) is 6.20 Å². The van der Waals surface area contributed by atoms with E-state index in [-0.39, 0.29) is 6.10 Å². The van der Waals surface area contributed by atoms with Crippen LogP contribution in [-0.2, 0) is 13.0 Å². The van der Waals surface area contributed by atoms with E-state index >= 15 is 0 Å². The number of likely N-dealkylation sites (tertiary alicyclic amines) is 1. The number of H-pyrrole nitrogens is 1. The summed E-state index contributed by atoms with van der Waals surface area (Å²) in [5.41, 5.74) is 6.03. The van der Waals surface area contributed by atoms with Crippen molar-refractivity contribution >= 4 is 33.6 Å². The molecule has 5 rings (SSSR count). The largest absolute Gasteiger partial charge is 0.392 e. The topological polar surface area (TPSA) is 52.1 Å². The summed E-state index contributed by atoms with van der Waals surface area (Å²) in [6.45, 7) is 2.78. The van der Waals surface area contributed by atoms with Gasteiger partial charge in [-0.05, 0) is 84.4 Å². The highest BCUT2D eigenvalue weighted by molar-refractivity contribution is 14.1. The van der Waals surface area contributed by atoms with Crippen LogP contribution in [0.4, 0.5) is 0 Å². The number of halogens is 1. The number of β-amino-alcohol motifs (C(OH)–C–C–N with tert-alkyl or cyclic N) is 1. The number of hydrogen-bond donors (Lipinski definition) is 2. The average Bonchev–Trinajstić information content (AvgIpc) is 3.46. The van der Waals surface area contributed by atoms with E-state index in [0.29, 0.717) is 0 Å². The van der Waals surface area contributed by atoms with Crippen LogP contribution in [0.5, 0.6) is 0 Å². The molecule has 1 aromatic carbocycles. The Morgan fingerprint density at radius 3 is 2.71 bits per heavy atom. The molecule has 0 radical (unpaired) electrons. The molecule has 0 spiro atoms. The van der Waals surface area contributed by atoms with Gasteiger partial charge >= 0.3 is 0 Å². The number of nitrogens with one attached hydrogen (secondary N) is 1. The number of aliphatic hydroxyl groups excluding tert-OH is 1. The second-order valence-electron chi connectivity index (χ2n) is 8.41. The molecular weight excluding hydrogens is 461 g/mol. The summed E-state index contributed by atoms with van der Waals surface area (Å²) in [4.78, 5) is 10.6. The molecule has 1 atom stereocenters. The highest BCUT2D eigenvalue weighted by atomic mass is 127. The van der Waals surface area contributed by atoms with E-state index in [1.54, 1.807) is 0 Å². The molecule has 4 nitrogen and oxygen atoms in total. The summed E-state index contributed by atoms with van der Waals surface area (Å²) in [5, 5.41) is 11.1. The van der Waals surface area contributed by atoms with Gasteiger partial charge in [-0.1, -0.05) is 24.3 Å². The van der Waals surface area contributed by atoms with Crippen LogP contribution in [0.3, 0.4) is 0 Å². The molecule has 1 aliphatic heterocycles. The van der Waals surface area contributed by atoms with Crippen LogP contribution in [0.1, 0.15) is 36.9 Å². The first-order chi connectivity index (χ1) is 13.7. The van der Waals surface area contributed by atoms with Gasteiger partial charge in [0.05, 0.1) is 6.10 Å². The minimum absolute atomic E-state index is 0.167. The number of benzene rings is 1. The van der Waals surface area contributed by atoms with Gasteiger partial charge in [0.1, 0.15) is 5.65 Å². The second kappa shape index (κ2) is 7.76. The number of piperidine rings is 1. The normalized spacial score (nSPS) is 20.7. The fourth-order valence-electron chi connectivity index (χ4n) is 4.24. The van der Waals surface area contributed by atoms with Crippen LogP contribution in [0, 0.1) is 9.49 Å². The van der Waals surface area contributed by atoms with Crippen molar-refractivity contribution in [2.45, 2.75) is 44.8 Å². The molecule has 2 aromatic heterocycles. The SMILES string of the molecule is OC1CCCN(Cc2ccc(-c3cnc4[nH]c(CC5CC5)c(I)c4c3)cc2)C1. The standard InChI is InChI=1S/C23H26IN3O/c24-22-20-11-18(12-25-23(20)26-21(22)10-15-3-4-15)17-7-5-16(6-8-17)13-27-9-1-2-19(28)14-27/h5-8,11-12,15,19,28H,1-4,9-10,13-14H2,(H,25,26). The van der Waals surface area contributed by atoms with Crippen molar-refractivity contribution in [1.82, 2.24) is 14.9 Å². The molecule has 2 aliphatic rings. The third kappa shape index (κ3) is 3.98. The van der Waals surface area contributed by atoms with Crippen LogP contribution in [0.15, 0.2) is 36.5 Å². The van der Waals surface area contributed by atoms with E-state index in [2.05, 4.69) is 62.8 Å². The number of nitrogens with zero attached hydrogens (tertiary/aromatic N) is 2. The molecule has 3 heterocycles. The van der Waals surface area contributed by atoms with Crippen molar-refractivity contribution in [2.75, 3.05) is 13.1 Å². The van der Waals surface area contributed by atoms with Gasteiger partial charge in [0.15, 0.2) is 0 Å². The lowest BCUT2D eigenvalue weighted by molar-refractivity contribution is 0.0668. The van der Waals surface area contributed by atoms with Crippen molar-refractivity contribution in [1.29, 1.82) is 0 Å². The zero-order valence-electron chi connectivity index (χ0n) is 16.0. The Balaban J connectivity index is 1.35. The van der Waals surface area contributed by atoms with E-state index in [4.69, 9.17) is 4.98 Å². The Morgan fingerprint density at radius 1 is 1.14 bits per heavy atom. The lowest BCUT2D eigenvalue weighted by Gasteiger charge is -2.29. The van der Waals surface area contributed by atoms with Gasteiger partial charge in [-0.3, -0.25) is 4.90 Å². The third-order valence-corrected chi connectivity index (χ3v) is 7.25. The molecule has 0 bridgehead atoms. The maximum absolute atomic E-state index is 9.86. The maximum Gasteiger partial charge on any atom is 0.138 e. The Kier molecular flexibility index (Phi) is 5.15. The lowest BCUT2D eigenvalue weighted by Crippen LogP contribution is -2.37. The van der Waals surface area contributed by atoms with Crippen molar-refractivity contribution in [3.05, 3.63) is 51.4 Å². The first-order valence-electron chi connectivity index (χ1n) is 10.3. The van der Waals surface area contributed by atoms with Gasteiger partial charge in [-0.2, -0.15) is 0 Å². The van der Waals surface area contributed by atoms with Crippen LogP contribution in [0.2, 0.25) is 0 Å². The molecule has 1 aliphatic carbocycles. The number of rotatable bonds is 5. The van der Waals surface area contributed by atoms with Gasteiger partial charge in [-0.25, -0.2) is 4.98 Å². The Labute approximate surface area is 179 Å². The summed E-state index contributed by atoms with van der Waals surface area (Å²) in [6.07, 6.45) is 7.73. The van der Waals surface area contributed by atoms with E-state index in [1.165, 1.54) is 44.2 Å². The number of aromatic amines is 1. The molecule has 2 fully saturated rings. The fraction of sp³-hybridized carbons (Fsp3) is 0.435. The summed E-state index contributed by atoms with van der Waals surface area (Å²) >= 11 is 2.47. The third-order valence-electron chi connectivity index (χ3n) is 6.02.